The first-order chi connectivity index (χ1) is 25.8. The molecule has 4 heterocycles. The van der Waals surface area contributed by atoms with Gasteiger partial charge in [-0.15, -0.1) is 0 Å². The minimum atomic E-state index is -3.88. The van der Waals surface area contributed by atoms with Crippen molar-refractivity contribution in [2.45, 2.75) is 30.3 Å². The maximum Gasteiger partial charge on any atom is 0.358 e. The fraction of sp³-hybridized carbons (Fsp3) is 0.0857. The molecule has 6 aromatic rings. The molecule has 0 atom stereocenters. The van der Waals surface area contributed by atoms with Crippen LogP contribution in [0, 0.1) is 13.8 Å². The molecule has 6 rings (SSSR count). The predicted octanol–water partition coefficient (Wildman–Crippen LogP) is 2.55. The monoisotopic (exact) mass is 785 g/mol. The summed E-state index contributed by atoms with van der Waals surface area (Å²) in [5.74, 6) is -1.57. The molecule has 11 N–H and O–H groups in total. The number of hydrogen-bond donors (Lipinski definition) is 6. The Morgan fingerprint density at radius 1 is 0.582 bits per heavy atom. The van der Waals surface area contributed by atoms with Crippen molar-refractivity contribution in [2.75, 3.05) is 17.2 Å². The molecule has 20 heteroatoms. The van der Waals surface area contributed by atoms with Crippen LogP contribution in [-0.4, -0.2) is 63.6 Å². The summed E-state index contributed by atoms with van der Waals surface area (Å²) in [7, 11) is -7.57. The van der Waals surface area contributed by atoms with Gasteiger partial charge in [-0.2, -0.15) is 0 Å². The quantitative estimate of drug-likeness (QED) is 0.121. The second kappa shape index (κ2) is 17.4. The molecule has 0 spiro atoms. The molecule has 0 amide bonds. The largest absolute Gasteiger partial charge is 0.476 e. The second-order valence-corrected chi connectivity index (χ2v) is 14.7. The number of ketones is 1. The Morgan fingerprint density at radius 3 is 1.42 bits per heavy atom. The lowest BCUT2D eigenvalue weighted by Gasteiger charge is -2.07. The molecule has 0 saturated heterocycles. The number of pyridine rings is 2. The van der Waals surface area contributed by atoms with E-state index in [9.17, 15) is 26.4 Å². The van der Waals surface area contributed by atoms with Gasteiger partial charge in [-0.3, -0.25) is 4.79 Å². The average molecular weight is 786 g/mol. The molecule has 0 aliphatic heterocycles. The van der Waals surface area contributed by atoms with Crippen molar-refractivity contribution in [3.05, 3.63) is 126 Å². The number of nitrogens with two attached hydrogens (primary N) is 5. The molecule has 0 aliphatic rings. The highest BCUT2D eigenvalue weighted by Gasteiger charge is 2.17. The number of aromatic nitrogens is 6. The van der Waals surface area contributed by atoms with Crippen molar-refractivity contribution >= 4 is 49.1 Å². The van der Waals surface area contributed by atoms with Crippen LogP contribution in [0.2, 0.25) is 0 Å². The van der Waals surface area contributed by atoms with Crippen molar-refractivity contribution < 1.29 is 31.5 Å². The van der Waals surface area contributed by atoms with E-state index in [1.54, 1.807) is 0 Å². The summed E-state index contributed by atoms with van der Waals surface area (Å²) in [6.07, 6.45) is 5.45. The third kappa shape index (κ3) is 11.6. The average Bonchev–Trinajstić information content (AvgIpc) is 3.13. The number of Topliss-reactive ketones (excluding diaryl/α,β-unsaturated/α-hetero) is 1. The van der Waals surface area contributed by atoms with Crippen LogP contribution >= 0.6 is 0 Å². The van der Waals surface area contributed by atoms with Crippen LogP contribution in [-0.2, 0) is 26.5 Å². The number of sulfonamides is 2. The predicted molar refractivity (Wildman–Crippen MR) is 204 cm³/mol. The SMILES string of the molecule is Cc1ccc(-c2cnc(N)c(C(=O)Cc3ccc(S(N)(=O)=O)nc3)n2)cc1.Cc1ccc(-c2cnc(N)c(C(=O)O)n2)cc1.Nc1ccc(S(N)(=O)=O)nc1. The number of carbonyl (C=O) groups is 2. The van der Waals surface area contributed by atoms with E-state index in [1.807, 2.05) is 62.4 Å². The second-order valence-electron chi connectivity index (χ2n) is 11.6. The van der Waals surface area contributed by atoms with E-state index in [2.05, 4.69) is 29.9 Å². The van der Waals surface area contributed by atoms with Gasteiger partial charge >= 0.3 is 5.97 Å². The smallest absolute Gasteiger partial charge is 0.358 e. The molecule has 0 bridgehead atoms. The molecule has 4 aromatic heterocycles. The van der Waals surface area contributed by atoms with E-state index >= 15 is 0 Å². The number of hydrogen-bond acceptors (Lipinski definition) is 15. The van der Waals surface area contributed by atoms with E-state index in [4.69, 9.17) is 32.6 Å². The molecule has 2 aromatic carbocycles. The molecule has 55 heavy (non-hydrogen) atoms. The highest BCUT2D eigenvalue weighted by Crippen LogP contribution is 2.21. The van der Waals surface area contributed by atoms with Gasteiger partial charge in [0.15, 0.2) is 33.2 Å². The number of aromatic carboxylic acids is 1. The molecule has 0 fully saturated rings. The third-order valence-electron chi connectivity index (χ3n) is 7.27. The van der Waals surface area contributed by atoms with Crippen LogP contribution in [0.25, 0.3) is 22.5 Å². The molecule has 0 saturated carbocycles. The highest BCUT2D eigenvalue weighted by molar-refractivity contribution is 7.89. The first-order valence-corrected chi connectivity index (χ1v) is 18.8. The Balaban J connectivity index is 0.000000204. The molecule has 0 radical (unpaired) electrons. The number of aryl methyl sites for hydroxylation is 2. The molecule has 0 aliphatic carbocycles. The minimum absolute atomic E-state index is 0.0324. The lowest BCUT2D eigenvalue weighted by molar-refractivity contribution is 0.0691. The number of nitrogen functional groups attached to an aromatic ring is 3. The summed E-state index contributed by atoms with van der Waals surface area (Å²) >= 11 is 0. The molecule has 0 unspecified atom stereocenters. The zero-order valence-electron chi connectivity index (χ0n) is 29.2. The van der Waals surface area contributed by atoms with Gasteiger partial charge in [0.2, 0.25) is 0 Å². The summed E-state index contributed by atoms with van der Waals surface area (Å²) in [5.41, 5.74) is 22.2. The topological polar surface area (TPSA) is 330 Å². The van der Waals surface area contributed by atoms with E-state index in [-0.39, 0.29) is 45.3 Å². The summed E-state index contributed by atoms with van der Waals surface area (Å²) in [6.45, 7) is 3.95. The Bertz CT molecular complexity index is 2540. The van der Waals surface area contributed by atoms with E-state index < -0.39 is 26.0 Å². The van der Waals surface area contributed by atoms with E-state index in [0.717, 1.165) is 22.3 Å². The lowest BCUT2D eigenvalue weighted by atomic mass is 10.1. The number of carbonyl (C=O) groups excluding carboxylic acids is 1. The van der Waals surface area contributed by atoms with Crippen LogP contribution in [0.4, 0.5) is 17.3 Å². The Morgan fingerprint density at radius 2 is 1.02 bits per heavy atom. The molecular formula is C35H35N11O7S2. The van der Waals surface area contributed by atoms with E-state index in [1.165, 1.54) is 49.1 Å². The zero-order chi connectivity index (χ0) is 40.5. The van der Waals surface area contributed by atoms with Crippen molar-refractivity contribution in [2.24, 2.45) is 10.3 Å². The van der Waals surface area contributed by atoms with Gasteiger partial charge in [0.1, 0.15) is 5.69 Å². The van der Waals surface area contributed by atoms with Crippen molar-refractivity contribution in [1.82, 2.24) is 29.9 Å². The zero-order valence-corrected chi connectivity index (χ0v) is 30.9. The van der Waals surface area contributed by atoms with Gasteiger partial charge < -0.3 is 22.3 Å². The van der Waals surface area contributed by atoms with Crippen molar-refractivity contribution in [1.29, 1.82) is 0 Å². The van der Waals surface area contributed by atoms with Crippen LogP contribution < -0.4 is 27.5 Å². The normalized spacial score (nSPS) is 11.0. The van der Waals surface area contributed by atoms with Gasteiger partial charge in [0.25, 0.3) is 20.0 Å². The maximum atomic E-state index is 12.6. The number of carboxylic acids is 1. The third-order valence-corrected chi connectivity index (χ3v) is 8.92. The van der Waals surface area contributed by atoms with E-state index in [0.29, 0.717) is 22.6 Å². The van der Waals surface area contributed by atoms with Gasteiger partial charge in [-0.05, 0) is 37.6 Å². The first-order valence-electron chi connectivity index (χ1n) is 15.7. The standard InChI is InChI=1S/C18H17N5O3S.C12H11N3O2.C5H7N3O2S/c1-11-2-5-13(6-3-11)14-10-22-18(19)17(23-14)15(24)8-12-4-7-16(21-9-12)27(20,25)26;1-7-2-4-8(5-3-7)9-6-14-11(13)10(15-9)12(16)17;6-4-1-2-5(8-3-4)11(7,9)10/h2-7,9-10H,8H2,1H3,(H2,19,22)(H2,20,25,26);2-6H,1H3,(H2,13,14)(H,16,17);1-3H,6H2,(H2,7,9,10). The Labute approximate surface area is 315 Å². The molecule has 18 nitrogen and oxygen atoms in total. The van der Waals surface area contributed by atoms with Crippen molar-refractivity contribution in [3.8, 4) is 22.5 Å². The first kappa shape index (κ1) is 41.0. The van der Waals surface area contributed by atoms with Crippen LogP contribution in [0.5, 0.6) is 0 Å². The van der Waals surface area contributed by atoms with Crippen LogP contribution in [0.1, 0.15) is 37.7 Å². The van der Waals surface area contributed by atoms with Crippen LogP contribution in [0.3, 0.4) is 0 Å². The summed E-state index contributed by atoms with van der Waals surface area (Å²) in [6, 6.07) is 20.6. The van der Waals surface area contributed by atoms with Gasteiger partial charge in [0.05, 0.1) is 35.7 Å². The number of nitrogens with zero attached hydrogens (tertiary/aromatic N) is 6. The Hall–Kier alpha value is -6.74. The number of benzene rings is 2. The molecule has 284 valence electrons. The number of carboxylic acid groups (broad SMARTS) is 1. The number of anilines is 3. The minimum Gasteiger partial charge on any atom is -0.476 e. The highest BCUT2D eigenvalue weighted by atomic mass is 32.2. The summed E-state index contributed by atoms with van der Waals surface area (Å²) in [4.78, 5) is 47.0. The van der Waals surface area contributed by atoms with Gasteiger partial charge in [-0.1, -0.05) is 65.7 Å². The number of primary sulfonamides is 2. The number of rotatable bonds is 8. The van der Waals surface area contributed by atoms with Gasteiger partial charge in [-0.25, -0.2) is 61.8 Å². The molecular weight excluding hydrogens is 751 g/mol. The fourth-order valence-corrected chi connectivity index (χ4v) is 5.31. The lowest BCUT2D eigenvalue weighted by Crippen LogP contribution is -2.15. The van der Waals surface area contributed by atoms with Gasteiger partial charge in [0, 0.05) is 23.7 Å². The van der Waals surface area contributed by atoms with Crippen LogP contribution in [0.15, 0.2) is 108 Å². The maximum absolute atomic E-state index is 12.6. The fourth-order valence-electron chi connectivity index (χ4n) is 4.40. The summed E-state index contributed by atoms with van der Waals surface area (Å²) in [5, 5.41) is 18.2. The summed E-state index contributed by atoms with van der Waals surface area (Å²) < 4.78 is 43.7. The Kier molecular flexibility index (Phi) is 13.0. The van der Waals surface area contributed by atoms with Crippen molar-refractivity contribution in [3.63, 3.8) is 0 Å².